The maximum absolute atomic E-state index is 12.4. The van der Waals surface area contributed by atoms with E-state index in [2.05, 4.69) is 20.9 Å². The van der Waals surface area contributed by atoms with E-state index in [1.165, 1.54) is 0 Å². The summed E-state index contributed by atoms with van der Waals surface area (Å²) in [6, 6.07) is 3.30. The fourth-order valence-electron chi connectivity index (χ4n) is 2.05. The van der Waals surface area contributed by atoms with Crippen LogP contribution in [0.5, 0.6) is 0 Å². The standard InChI is InChI=1S/C13H17BrN2O2S/c1-13(2,3)7-19(17,18)9-5-10(14)12-11(6-9)15-8-16(12)4/h5-6,8H,7H2,1-4H3. The number of benzene rings is 1. The molecule has 0 saturated carbocycles. The second kappa shape index (κ2) is 4.59. The summed E-state index contributed by atoms with van der Waals surface area (Å²) in [5.41, 5.74) is 1.31. The Morgan fingerprint density at radius 3 is 2.53 bits per heavy atom. The molecule has 2 rings (SSSR count). The van der Waals surface area contributed by atoms with E-state index in [0.29, 0.717) is 10.4 Å². The third kappa shape index (κ3) is 3.00. The Hall–Kier alpha value is -0.880. The zero-order valence-corrected chi connectivity index (χ0v) is 13.8. The van der Waals surface area contributed by atoms with E-state index in [4.69, 9.17) is 0 Å². The number of hydrogen-bond donors (Lipinski definition) is 0. The van der Waals surface area contributed by atoms with Crippen LogP contribution in [0.1, 0.15) is 20.8 Å². The van der Waals surface area contributed by atoms with Crippen LogP contribution in [0.25, 0.3) is 11.0 Å². The Morgan fingerprint density at radius 2 is 1.95 bits per heavy atom. The Balaban J connectivity index is 2.58. The van der Waals surface area contributed by atoms with Gasteiger partial charge in [-0.05, 0) is 33.5 Å². The van der Waals surface area contributed by atoms with Gasteiger partial charge in [0.25, 0.3) is 0 Å². The van der Waals surface area contributed by atoms with Crippen molar-refractivity contribution in [2.24, 2.45) is 12.5 Å². The maximum atomic E-state index is 12.4. The van der Waals surface area contributed by atoms with Crippen LogP contribution in [0.15, 0.2) is 27.8 Å². The van der Waals surface area contributed by atoms with Crippen molar-refractivity contribution in [2.45, 2.75) is 25.7 Å². The fourth-order valence-corrected chi connectivity index (χ4v) is 4.82. The highest BCUT2D eigenvalue weighted by atomic mass is 79.9. The molecule has 19 heavy (non-hydrogen) atoms. The SMILES string of the molecule is Cn1cnc2cc(S(=O)(=O)CC(C)(C)C)cc(Br)c21. The van der Waals surface area contributed by atoms with Crippen molar-refractivity contribution in [1.82, 2.24) is 9.55 Å². The molecule has 1 aromatic heterocycles. The van der Waals surface area contributed by atoms with Gasteiger partial charge in [0.2, 0.25) is 0 Å². The lowest BCUT2D eigenvalue weighted by molar-refractivity contribution is 0.462. The first-order chi connectivity index (χ1) is 8.60. The molecular formula is C13H17BrN2O2S. The number of nitrogens with zero attached hydrogens (tertiary/aromatic N) is 2. The first-order valence-corrected chi connectivity index (χ1v) is 8.38. The molecule has 0 unspecified atom stereocenters. The van der Waals surface area contributed by atoms with Crippen molar-refractivity contribution in [1.29, 1.82) is 0 Å². The molecular weight excluding hydrogens is 328 g/mol. The summed E-state index contributed by atoms with van der Waals surface area (Å²) >= 11 is 3.42. The molecule has 0 saturated heterocycles. The molecule has 4 nitrogen and oxygen atoms in total. The average Bonchev–Trinajstić information content (AvgIpc) is 2.57. The van der Waals surface area contributed by atoms with Gasteiger partial charge in [0.15, 0.2) is 9.84 Å². The fraction of sp³-hybridized carbons (Fsp3) is 0.462. The third-order valence-corrected chi connectivity index (χ3v) is 5.53. The van der Waals surface area contributed by atoms with Crippen LogP contribution in [0.2, 0.25) is 0 Å². The van der Waals surface area contributed by atoms with Crippen molar-refractivity contribution in [2.75, 3.05) is 5.75 Å². The van der Waals surface area contributed by atoms with Gasteiger partial charge in [-0.25, -0.2) is 13.4 Å². The minimum atomic E-state index is -3.30. The van der Waals surface area contributed by atoms with E-state index in [9.17, 15) is 8.42 Å². The lowest BCUT2D eigenvalue weighted by Gasteiger charge is -2.18. The monoisotopic (exact) mass is 344 g/mol. The van der Waals surface area contributed by atoms with Gasteiger partial charge >= 0.3 is 0 Å². The van der Waals surface area contributed by atoms with E-state index < -0.39 is 9.84 Å². The van der Waals surface area contributed by atoms with Gasteiger partial charge in [-0.1, -0.05) is 20.8 Å². The van der Waals surface area contributed by atoms with Crippen LogP contribution in [-0.4, -0.2) is 23.7 Å². The third-order valence-electron chi connectivity index (χ3n) is 2.72. The number of aryl methyl sites for hydroxylation is 1. The Morgan fingerprint density at radius 1 is 1.32 bits per heavy atom. The molecule has 6 heteroatoms. The van der Waals surface area contributed by atoms with Crippen molar-refractivity contribution in [3.63, 3.8) is 0 Å². The molecule has 0 aliphatic carbocycles. The smallest absolute Gasteiger partial charge is 0.179 e. The first-order valence-electron chi connectivity index (χ1n) is 5.93. The number of fused-ring (bicyclic) bond motifs is 1. The van der Waals surface area contributed by atoms with Gasteiger partial charge in [-0.3, -0.25) is 0 Å². The van der Waals surface area contributed by atoms with Gasteiger partial charge in [-0.15, -0.1) is 0 Å². The normalized spacial score (nSPS) is 13.1. The second-order valence-electron chi connectivity index (χ2n) is 5.95. The van der Waals surface area contributed by atoms with Gasteiger partial charge in [0, 0.05) is 11.5 Å². The lowest BCUT2D eigenvalue weighted by atomic mass is 10.0. The predicted molar refractivity (Wildman–Crippen MR) is 79.9 cm³/mol. The Labute approximate surface area is 121 Å². The second-order valence-corrected chi connectivity index (χ2v) is 8.79. The summed E-state index contributed by atoms with van der Waals surface area (Å²) < 4.78 is 27.4. The summed E-state index contributed by atoms with van der Waals surface area (Å²) in [5, 5.41) is 0. The Kier molecular flexibility index (Phi) is 3.51. The molecule has 0 aliphatic heterocycles. The highest BCUT2D eigenvalue weighted by molar-refractivity contribution is 9.10. The van der Waals surface area contributed by atoms with E-state index >= 15 is 0 Å². The zero-order chi connectivity index (χ0) is 14.4. The van der Waals surface area contributed by atoms with E-state index in [1.54, 1.807) is 18.5 Å². The first kappa shape index (κ1) is 14.5. The maximum Gasteiger partial charge on any atom is 0.179 e. The summed E-state index contributed by atoms with van der Waals surface area (Å²) in [7, 11) is -1.42. The van der Waals surface area contributed by atoms with Crippen molar-refractivity contribution in [3.05, 3.63) is 22.9 Å². The van der Waals surface area contributed by atoms with Crippen LogP contribution in [0.4, 0.5) is 0 Å². The van der Waals surface area contributed by atoms with Gasteiger partial charge < -0.3 is 4.57 Å². The molecule has 0 radical (unpaired) electrons. The highest BCUT2D eigenvalue weighted by Gasteiger charge is 2.24. The number of hydrogen-bond acceptors (Lipinski definition) is 3. The summed E-state index contributed by atoms with van der Waals surface area (Å²) in [6.45, 7) is 5.75. The molecule has 0 spiro atoms. The largest absolute Gasteiger partial charge is 0.333 e. The molecule has 0 atom stereocenters. The molecule has 1 aromatic carbocycles. The summed E-state index contributed by atoms with van der Waals surface area (Å²) in [4.78, 5) is 4.54. The molecule has 0 N–H and O–H groups in total. The van der Waals surface area contributed by atoms with Crippen LogP contribution in [0.3, 0.4) is 0 Å². The Bertz CT molecular complexity index is 727. The quantitative estimate of drug-likeness (QED) is 0.840. The van der Waals surface area contributed by atoms with E-state index in [0.717, 1.165) is 9.99 Å². The zero-order valence-electron chi connectivity index (χ0n) is 11.4. The molecule has 104 valence electrons. The van der Waals surface area contributed by atoms with Crippen LogP contribution < -0.4 is 0 Å². The number of sulfone groups is 1. The molecule has 0 amide bonds. The summed E-state index contributed by atoms with van der Waals surface area (Å²) in [5.74, 6) is 0.116. The highest BCUT2D eigenvalue weighted by Crippen LogP contribution is 2.29. The minimum absolute atomic E-state index is 0.116. The minimum Gasteiger partial charge on any atom is -0.333 e. The lowest BCUT2D eigenvalue weighted by Crippen LogP contribution is -2.20. The van der Waals surface area contributed by atoms with E-state index in [1.807, 2.05) is 32.4 Å². The van der Waals surface area contributed by atoms with Gasteiger partial charge in [0.05, 0.1) is 28.0 Å². The average molecular weight is 345 g/mol. The van der Waals surface area contributed by atoms with Gasteiger partial charge in [0.1, 0.15) is 0 Å². The van der Waals surface area contributed by atoms with Crippen LogP contribution in [-0.2, 0) is 16.9 Å². The molecule has 2 aromatic rings. The number of imidazole rings is 1. The number of aromatic nitrogens is 2. The predicted octanol–water partition coefficient (Wildman–Crippen LogP) is 3.16. The molecule has 0 fully saturated rings. The topological polar surface area (TPSA) is 52.0 Å². The van der Waals surface area contributed by atoms with Crippen LogP contribution in [0, 0.1) is 5.41 Å². The number of halogens is 1. The van der Waals surface area contributed by atoms with Crippen molar-refractivity contribution >= 4 is 36.8 Å². The molecule has 0 aliphatic rings. The van der Waals surface area contributed by atoms with Gasteiger partial charge in [-0.2, -0.15) is 0 Å². The van der Waals surface area contributed by atoms with Crippen LogP contribution >= 0.6 is 15.9 Å². The van der Waals surface area contributed by atoms with E-state index in [-0.39, 0.29) is 11.2 Å². The number of rotatable bonds is 2. The molecule has 0 bridgehead atoms. The van der Waals surface area contributed by atoms with Crippen molar-refractivity contribution < 1.29 is 8.42 Å². The molecule has 1 heterocycles. The summed E-state index contributed by atoms with van der Waals surface area (Å²) in [6.07, 6.45) is 1.68. The van der Waals surface area contributed by atoms with Crippen molar-refractivity contribution in [3.8, 4) is 0 Å².